The summed E-state index contributed by atoms with van der Waals surface area (Å²) in [5.41, 5.74) is -3.27. The van der Waals surface area contributed by atoms with Gasteiger partial charge in [-0.3, -0.25) is 4.79 Å². The smallest absolute Gasteiger partial charge is 0.356 e. The number of hydrogen-bond acceptors (Lipinski definition) is 4. The molecule has 2 aliphatic rings. The molecule has 1 unspecified atom stereocenters. The van der Waals surface area contributed by atoms with E-state index in [1.807, 2.05) is 12.1 Å². The minimum atomic E-state index is -4.89. The maximum absolute atomic E-state index is 14.3. The highest BCUT2D eigenvalue weighted by molar-refractivity contribution is 7.16. The highest BCUT2D eigenvalue weighted by atomic mass is 35.5. The van der Waals surface area contributed by atoms with E-state index in [-0.39, 0.29) is 30.0 Å². The molecule has 0 radical (unpaired) electrons. The van der Waals surface area contributed by atoms with E-state index in [0.717, 1.165) is 31.0 Å². The third-order valence-electron chi connectivity index (χ3n) is 7.06. The first kappa shape index (κ1) is 23.5. The highest BCUT2D eigenvalue weighted by Crippen LogP contribution is 2.51. The number of methoxy groups -OCH3 is 1. The number of nitrogens with one attached hydrogen (secondary N) is 1. The Hall–Kier alpha value is -1.61. The van der Waals surface area contributed by atoms with Crippen molar-refractivity contribution in [2.75, 3.05) is 33.3 Å². The van der Waals surface area contributed by atoms with Crippen LogP contribution in [0.15, 0.2) is 42.5 Å². The lowest BCUT2D eigenvalue weighted by Crippen LogP contribution is -2.59. The second-order valence-electron chi connectivity index (χ2n) is 8.55. The van der Waals surface area contributed by atoms with Crippen molar-refractivity contribution in [1.29, 1.82) is 0 Å². The molecule has 2 aliphatic heterocycles. The minimum Gasteiger partial charge on any atom is -0.356 e. The number of alkyl halides is 3. The van der Waals surface area contributed by atoms with Crippen LogP contribution < -0.4 is 5.32 Å². The largest absolute Gasteiger partial charge is 0.430 e. The summed E-state index contributed by atoms with van der Waals surface area (Å²) < 4.78 is 48.6. The van der Waals surface area contributed by atoms with Crippen LogP contribution in [0.2, 0.25) is 4.34 Å². The van der Waals surface area contributed by atoms with Gasteiger partial charge in [0.15, 0.2) is 0 Å². The molecule has 1 amide bonds. The molecule has 2 saturated heterocycles. The zero-order chi connectivity index (χ0) is 23.0. The van der Waals surface area contributed by atoms with Gasteiger partial charge in [-0.15, -0.1) is 11.3 Å². The van der Waals surface area contributed by atoms with E-state index in [1.165, 1.54) is 34.0 Å². The number of ether oxygens (including phenoxy) is 1. The predicted molar refractivity (Wildman–Crippen MR) is 119 cm³/mol. The van der Waals surface area contributed by atoms with Crippen molar-refractivity contribution in [3.63, 3.8) is 0 Å². The lowest BCUT2D eigenvalue weighted by Gasteiger charge is -2.50. The third-order valence-corrected chi connectivity index (χ3v) is 8.40. The maximum atomic E-state index is 14.3. The summed E-state index contributed by atoms with van der Waals surface area (Å²) in [5, 5.41) is 3.44. The monoisotopic (exact) mass is 486 g/mol. The summed E-state index contributed by atoms with van der Waals surface area (Å²) in [4.78, 5) is 15.9. The van der Waals surface area contributed by atoms with Gasteiger partial charge in [-0.2, -0.15) is 13.2 Å². The topological polar surface area (TPSA) is 41.6 Å². The minimum absolute atomic E-state index is 0.0586. The zero-order valence-corrected chi connectivity index (χ0v) is 19.3. The first-order valence-corrected chi connectivity index (χ1v) is 11.9. The summed E-state index contributed by atoms with van der Waals surface area (Å²) in [6.45, 7) is 2.20. The molecule has 3 heterocycles. The van der Waals surface area contributed by atoms with Gasteiger partial charge >= 0.3 is 6.18 Å². The van der Waals surface area contributed by atoms with E-state index in [1.54, 1.807) is 17.4 Å². The number of hydrogen-bond donors (Lipinski definition) is 1. The molecule has 1 spiro atoms. The molecule has 0 bridgehead atoms. The van der Waals surface area contributed by atoms with Crippen LogP contribution in [-0.4, -0.2) is 50.3 Å². The fraction of sp³-hybridized carbons (Fsp3) is 0.522. The average molecular weight is 487 g/mol. The molecule has 2 fully saturated rings. The van der Waals surface area contributed by atoms with Gasteiger partial charge in [0.05, 0.1) is 4.34 Å². The molecule has 1 aromatic heterocycles. The van der Waals surface area contributed by atoms with E-state index in [9.17, 15) is 18.0 Å². The molecule has 32 heavy (non-hydrogen) atoms. The molecule has 1 N–H and O–H groups in total. The summed E-state index contributed by atoms with van der Waals surface area (Å²) in [5.74, 6) is -0.812. The maximum Gasteiger partial charge on any atom is 0.430 e. The van der Waals surface area contributed by atoms with Crippen molar-refractivity contribution in [3.05, 3.63) is 57.2 Å². The molecule has 0 aliphatic carbocycles. The first-order chi connectivity index (χ1) is 15.2. The number of amides is 1. The number of likely N-dealkylation sites (tertiary alicyclic amines) is 1. The summed E-state index contributed by atoms with van der Waals surface area (Å²) >= 11 is 7.72. The van der Waals surface area contributed by atoms with E-state index >= 15 is 0 Å². The number of benzene rings is 1. The standard InChI is InChI=1S/C23H26ClF3N2O2S/c1-31-22(23(25,26)27,16-5-3-2-4-6-16)20(30)29-13-10-21(11-14-29)9-12-28-15-17(21)18-7-8-19(24)32-18/h2-8,17,28H,9-15H2,1H3/t17?,22-/m1/s1. The van der Waals surface area contributed by atoms with Crippen LogP contribution in [0, 0.1) is 5.41 Å². The fourth-order valence-electron chi connectivity index (χ4n) is 5.27. The Labute approximate surface area is 194 Å². The Morgan fingerprint density at radius 3 is 2.41 bits per heavy atom. The van der Waals surface area contributed by atoms with E-state index in [2.05, 4.69) is 5.32 Å². The van der Waals surface area contributed by atoms with Gasteiger partial charge in [0, 0.05) is 43.1 Å². The molecule has 2 atom stereocenters. The summed E-state index contributed by atoms with van der Waals surface area (Å²) in [6.07, 6.45) is -2.68. The molecular weight excluding hydrogens is 461 g/mol. The first-order valence-electron chi connectivity index (χ1n) is 10.7. The molecule has 0 saturated carbocycles. The predicted octanol–water partition coefficient (Wildman–Crippen LogP) is 5.19. The SMILES string of the molecule is CO[C@@](C(=O)N1CCC2(CCNCC2c2ccc(Cl)s2)CC1)(c1ccccc1)C(F)(F)F. The lowest BCUT2D eigenvalue weighted by atomic mass is 9.64. The quantitative estimate of drug-likeness (QED) is 0.646. The number of halogens is 4. The van der Waals surface area contributed by atoms with Gasteiger partial charge in [0.1, 0.15) is 0 Å². The van der Waals surface area contributed by atoms with Crippen molar-refractivity contribution in [2.45, 2.75) is 37.0 Å². The van der Waals surface area contributed by atoms with Crippen molar-refractivity contribution >= 4 is 28.8 Å². The van der Waals surface area contributed by atoms with Gasteiger partial charge in [-0.1, -0.05) is 41.9 Å². The molecule has 174 valence electrons. The number of nitrogens with zero attached hydrogens (tertiary/aromatic N) is 1. The molecule has 9 heteroatoms. The van der Waals surface area contributed by atoms with Gasteiger partial charge in [0.25, 0.3) is 11.5 Å². The van der Waals surface area contributed by atoms with Crippen molar-refractivity contribution < 1.29 is 22.7 Å². The van der Waals surface area contributed by atoms with Gasteiger partial charge in [0.2, 0.25) is 0 Å². The van der Waals surface area contributed by atoms with Crippen LogP contribution in [0.25, 0.3) is 0 Å². The van der Waals surface area contributed by atoms with Crippen molar-refractivity contribution in [3.8, 4) is 0 Å². The Kier molecular flexibility index (Phi) is 6.60. The summed E-state index contributed by atoms with van der Waals surface area (Å²) in [7, 11) is 0.952. The molecular formula is C23H26ClF3N2O2S. The van der Waals surface area contributed by atoms with E-state index < -0.39 is 17.7 Å². The lowest BCUT2D eigenvalue weighted by molar-refractivity contribution is -0.271. The molecule has 1 aromatic carbocycles. The van der Waals surface area contributed by atoms with Crippen molar-refractivity contribution in [1.82, 2.24) is 10.2 Å². The number of thiophene rings is 1. The third kappa shape index (κ3) is 3.95. The number of rotatable bonds is 4. The van der Waals surface area contributed by atoms with Crippen LogP contribution >= 0.6 is 22.9 Å². The Morgan fingerprint density at radius 1 is 1.16 bits per heavy atom. The highest BCUT2D eigenvalue weighted by Gasteiger charge is 2.64. The van der Waals surface area contributed by atoms with Crippen LogP contribution in [0.3, 0.4) is 0 Å². The average Bonchev–Trinajstić information content (AvgIpc) is 3.21. The van der Waals surface area contributed by atoms with E-state index in [0.29, 0.717) is 12.8 Å². The second kappa shape index (κ2) is 8.97. The Morgan fingerprint density at radius 2 is 1.84 bits per heavy atom. The van der Waals surface area contributed by atoms with Crippen LogP contribution in [-0.2, 0) is 15.1 Å². The Balaban J connectivity index is 1.59. The van der Waals surface area contributed by atoms with Crippen molar-refractivity contribution in [2.24, 2.45) is 5.41 Å². The summed E-state index contributed by atoms with van der Waals surface area (Å²) in [6, 6.07) is 11.1. The van der Waals surface area contributed by atoms with Gasteiger partial charge in [-0.05, 0) is 43.4 Å². The number of piperidine rings is 2. The normalized spacial score (nSPS) is 23.2. The fourth-order valence-corrected chi connectivity index (χ4v) is 6.57. The Bertz CT molecular complexity index is 944. The molecule has 4 nitrogen and oxygen atoms in total. The molecule has 2 aromatic rings. The van der Waals surface area contributed by atoms with Gasteiger partial charge in [-0.25, -0.2) is 0 Å². The zero-order valence-electron chi connectivity index (χ0n) is 17.8. The number of carbonyl (C=O) groups is 1. The second-order valence-corrected chi connectivity index (χ2v) is 10.3. The van der Waals surface area contributed by atoms with Crippen LogP contribution in [0.1, 0.15) is 35.6 Å². The van der Waals surface area contributed by atoms with Gasteiger partial charge < -0.3 is 15.0 Å². The number of carbonyl (C=O) groups excluding carboxylic acids is 1. The van der Waals surface area contributed by atoms with Crippen LogP contribution in [0.5, 0.6) is 0 Å². The molecule has 4 rings (SSSR count). The van der Waals surface area contributed by atoms with E-state index in [4.69, 9.17) is 16.3 Å². The van der Waals surface area contributed by atoms with Crippen LogP contribution in [0.4, 0.5) is 13.2 Å².